The summed E-state index contributed by atoms with van der Waals surface area (Å²) in [4.78, 5) is 12.4. The lowest BCUT2D eigenvalue weighted by molar-refractivity contribution is 0.0949. The zero-order chi connectivity index (χ0) is 18.5. The number of benzene rings is 2. The minimum absolute atomic E-state index is 0.169. The Labute approximate surface area is 156 Å². The average Bonchev–Trinajstić information content (AvgIpc) is 3.15. The molecule has 0 aliphatic carbocycles. The average molecular weight is 358 g/mol. The highest BCUT2D eigenvalue weighted by Gasteiger charge is 2.09. The molecule has 0 unspecified atom stereocenters. The van der Waals surface area contributed by atoms with Gasteiger partial charge in [0.25, 0.3) is 5.91 Å². The van der Waals surface area contributed by atoms with Crippen LogP contribution in [0.1, 0.15) is 21.7 Å². The number of aromatic nitrogens is 3. The second-order valence-corrected chi connectivity index (χ2v) is 6.03. The van der Waals surface area contributed by atoms with Crippen LogP contribution in [-0.2, 0) is 13.2 Å². The fourth-order valence-electron chi connectivity index (χ4n) is 2.72. The molecule has 2 heterocycles. The SMILES string of the molecule is O=C(NCc1nnc2ccccn12)c1ccc(OCc2ccccc2)cc1. The summed E-state index contributed by atoms with van der Waals surface area (Å²) in [5.74, 6) is 1.23. The standard InChI is InChI=1S/C21H18N4O2/c26-21(22-14-20-24-23-19-8-4-5-13-25(19)20)17-9-11-18(12-10-17)27-15-16-6-2-1-3-7-16/h1-13H,14-15H2,(H,22,26). The van der Waals surface area contributed by atoms with Gasteiger partial charge in [-0.15, -0.1) is 10.2 Å². The molecule has 4 rings (SSSR count). The lowest BCUT2D eigenvalue weighted by Crippen LogP contribution is -2.23. The maximum Gasteiger partial charge on any atom is 0.251 e. The number of nitrogens with one attached hydrogen (secondary N) is 1. The van der Waals surface area contributed by atoms with Crippen molar-refractivity contribution in [3.05, 3.63) is 95.9 Å². The highest BCUT2D eigenvalue weighted by atomic mass is 16.5. The second kappa shape index (κ2) is 7.70. The molecule has 6 nitrogen and oxygen atoms in total. The lowest BCUT2D eigenvalue weighted by atomic mass is 10.2. The number of rotatable bonds is 6. The summed E-state index contributed by atoms with van der Waals surface area (Å²) < 4.78 is 7.59. The highest BCUT2D eigenvalue weighted by Crippen LogP contribution is 2.14. The Kier molecular flexibility index (Phi) is 4.78. The van der Waals surface area contributed by atoms with Crippen molar-refractivity contribution in [1.82, 2.24) is 19.9 Å². The molecule has 2 aromatic heterocycles. The van der Waals surface area contributed by atoms with E-state index in [1.807, 2.05) is 59.1 Å². The van der Waals surface area contributed by atoms with Gasteiger partial charge in [0.1, 0.15) is 12.4 Å². The Morgan fingerprint density at radius 3 is 2.52 bits per heavy atom. The summed E-state index contributed by atoms with van der Waals surface area (Å²) in [6, 6.07) is 22.7. The van der Waals surface area contributed by atoms with Gasteiger partial charge in [-0.3, -0.25) is 9.20 Å². The fourth-order valence-corrected chi connectivity index (χ4v) is 2.72. The van der Waals surface area contributed by atoms with E-state index < -0.39 is 0 Å². The second-order valence-electron chi connectivity index (χ2n) is 6.03. The van der Waals surface area contributed by atoms with Crippen LogP contribution in [0, 0.1) is 0 Å². The smallest absolute Gasteiger partial charge is 0.251 e. The first-order valence-electron chi connectivity index (χ1n) is 8.63. The Morgan fingerprint density at radius 1 is 0.926 bits per heavy atom. The van der Waals surface area contributed by atoms with E-state index in [0.29, 0.717) is 24.5 Å². The Hall–Kier alpha value is -3.67. The van der Waals surface area contributed by atoms with Crippen molar-refractivity contribution in [3.63, 3.8) is 0 Å². The van der Waals surface area contributed by atoms with Crippen LogP contribution in [0.3, 0.4) is 0 Å². The first kappa shape index (κ1) is 16.8. The first-order valence-corrected chi connectivity index (χ1v) is 8.63. The van der Waals surface area contributed by atoms with Crippen molar-refractivity contribution in [2.24, 2.45) is 0 Å². The summed E-state index contributed by atoms with van der Waals surface area (Å²) in [6.45, 7) is 0.794. The quantitative estimate of drug-likeness (QED) is 0.574. The molecular weight excluding hydrogens is 340 g/mol. The Morgan fingerprint density at radius 2 is 1.70 bits per heavy atom. The third-order valence-corrected chi connectivity index (χ3v) is 4.16. The van der Waals surface area contributed by atoms with E-state index in [0.717, 1.165) is 17.0 Å². The maximum absolute atomic E-state index is 12.4. The van der Waals surface area contributed by atoms with Crippen LogP contribution < -0.4 is 10.1 Å². The number of hydrogen-bond acceptors (Lipinski definition) is 4. The minimum atomic E-state index is -0.169. The molecule has 0 atom stereocenters. The van der Waals surface area contributed by atoms with E-state index >= 15 is 0 Å². The summed E-state index contributed by atoms with van der Waals surface area (Å²) in [7, 11) is 0. The van der Waals surface area contributed by atoms with Crippen LogP contribution in [0.25, 0.3) is 5.65 Å². The monoisotopic (exact) mass is 358 g/mol. The van der Waals surface area contributed by atoms with Crippen LogP contribution in [0.4, 0.5) is 0 Å². The van der Waals surface area contributed by atoms with E-state index in [2.05, 4.69) is 15.5 Å². The molecule has 0 spiro atoms. The van der Waals surface area contributed by atoms with Crippen molar-refractivity contribution < 1.29 is 9.53 Å². The fraction of sp³-hybridized carbons (Fsp3) is 0.0952. The maximum atomic E-state index is 12.4. The van der Waals surface area contributed by atoms with Crippen molar-refractivity contribution >= 4 is 11.6 Å². The van der Waals surface area contributed by atoms with Crippen LogP contribution in [0.15, 0.2) is 79.0 Å². The summed E-state index contributed by atoms with van der Waals surface area (Å²) in [5.41, 5.74) is 2.41. The van der Waals surface area contributed by atoms with Gasteiger partial charge in [-0.05, 0) is 42.0 Å². The molecule has 0 aliphatic rings. The molecule has 2 aromatic carbocycles. The van der Waals surface area contributed by atoms with Gasteiger partial charge in [0.2, 0.25) is 0 Å². The van der Waals surface area contributed by atoms with Gasteiger partial charge in [-0.2, -0.15) is 0 Å². The molecule has 0 saturated heterocycles. The van der Waals surface area contributed by atoms with E-state index in [4.69, 9.17) is 4.74 Å². The first-order chi connectivity index (χ1) is 13.3. The third-order valence-electron chi connectivity index (χ3n) is 4.16. The predicted molar refractivity (Wildman–Crippen MR) is 101 cm³/mol. The molecule has 0 saturated carbocycles. The summed E-state index contributed by atoms with van der Waals surface area (Å²) >= 11 is 0. The normalized spacial score (nSPS) is 10.7. The number of hydrogen-bond donors (Lipinski definition) is 1. The van der Waals surface area contributed by atoms with Gasteiger partial charge in [0.05, 0.1) is 6.54 Å². The Bertz CT molecular complexity index is 1040. The van der Waals surface area contributed by atoms with Crippen molar-refractivity contribution in [2.75, 3.05) is 0 Å². The molecule has 1 amide bonds. The molecule has 4 aromatic rings. The van der Waals surface area contributed by atoms with Crippen molar-refractivity contribution in [2.45, 2.75) is 13.2 Å². The van der Waals surface area contributed by atoms with Gasteiger partial charge in [0, 0.05) is 11.8 Å². The lowest BCUT2D eigenvalue weighted by Gasteiger charge is -2.08. The highest BCUT2D eigenvalue weighted by molar-refractivity contribution is 5.94. The van der Waals surface area contributed by atoms with Crippen LogP contribution in [-0.4, -0.2) is 20.5 Å². The minimum Gasteiger partial charge on any atom is -0.489 e. The topological polar surface area (TPSA) is 68.5 Å². The van der Waals surface area contributed by atoms with Crippen molar-refractivity contribution in [3.8, 4) is 5.75 Å². The van der Waals surface area contributed by atoms with E-state index in [9.17, 15) is 4.79 Å². The van der Waals surface area contributed by atoms with Gasteiger partial charge in [0.15, 0.2) is 11.5 Å². The molecule has 0 bridgehead atoms. The van der Waals surface area contributed by atoms with Crippen LogP contribution >= 0.6 is 0 Å². The summed E-state index contributed by atoms with van der Waals surface area (Å²) in [6.07, 6.45) is 1.87. The zero-order valence-corrected chi connectivity index (χ0v) is 14.6. The van der Waals surface area contributed by atoms with Gasteiger partial charge >= 0.3 is 0 Å². The number of carbonyl (C=O) groups is 1. The van der Waals surface area contributed by atoms with Gasteiger partial charge in [-0.1, -0.05) is 36.4 Å². The molecule has 1 N–H and O–H groups in total. The molecule has 0 fully saturated rings. The summed E-state index contributed by atoms with van der Waals surface area (Å²) in [5, 5.41) is 11.0. The van der Waals surface area contributed by atoms with E-state index in [-0.39, 0.29) is 5.91 Å². The molecule has 0 radical (unpaired) electrons. The van der Waals surface area contributed by atoms with Gasteiger partial charge in [-0.25, -0.2) is 0 Å². The molecule has 6 heteroatoms. The zero-order valence-electron chi connectivity index (χ0n) is 14.6. The van der Waals surface area contributed by atoms with Crippen LogP contribution in [0.2, 0.25) is 0 Å². The number of carbonyl (C=O) groups excluding carboxylic acids is 1. The largest absolute Gasteiger partial charge is 0.489 e. The Balaban J connectivity index is 1.35. The number of fused-ring (bicyclic) bond motifs is 1. The number of ether oxygens (including phenoxy) is 1. The molecule has 134 valence electrons. The van der Waals surface area contributed by atoms with Crippen LogP contribution in [0.5, 0.6) is 5.75 Å². The molecule has 27 heavy (non-hydrogen) atoms. The van der Waals surface area contributed by atoms with E-state index in [1.165, 1.54) is 0 Å². The predicted octanol–water partition coefficient (Wildman–Crippen LogP) is 3.24. The van der Waals surface area contributed by atoms with E-state index in [1.54, 1.807) is 24.3 Å². The third kappa shape index (κ3) is 3.95. The molecule has 0 aliphatic heterocycles. The molecular formula is C21H18N4O2. The number of amides is 1. The van der Waals surface area contributed by atoms with Crippen molar-refractivity contribution in [1.29, 1.82) is 0 Å². The number of nitrogens with zero attached hydrogens (tertiary/aromatic N) is 3. The number of pyridine rings is 1. The van der Waals surface area contributed by atoms with Gasteiger partial charge < -0.3 is 10.1 Å².